The van der Waals surface area contributed by atoms with Gasteiger partial charge in [-0.3, -0.25) is 4.98 Å². The standard InChI is InChI=1S/C24H20BrN3O5S/c1-30-19-12-16(20(25)22(32-3)21(19)31-2)23(29)33-15-8-6-7-14(11-15)27-24-28-18(13-34-24)17-9-4-5-10-26-17/h4-13H,1-3H3,(H,27,28). The van der Waals surface area contributed by atoms with Crippen LogP contribution < -0.4 is 24.3 Å². The number of rotatable bonds is 8. The van der Waals surface area contributed by atoms with Crippen LogP contribution in [0.2, 0.25) is 0 Å². The Morgan fingerprint density at radius 3 is 2.50 bits per heavy atom. The molecule has 1 N–H and O–H groups in total. The maximum absolute atomic E-state index is 13.0. The molecule has 0 amide bonds. The third-order valence-electron chi connectivity index (χ3n) is 4.72. The molecule has 4 aromatic rings. The molecule has 0 aliphatic carbocycles. The second-order valence-corrected chi connectivity index (χ2v) is 8.45. The van der Waals surface area contributed by atoms with Gasteiger partial charge < -0.3 is 24.3 Å². The first-order valence-electron chi connectivity index (χ1n) is 9.98. The number of methoxy groups -OCH3 is 3. The van der Waals surface area contributed by atoms with E-state index in [0.29, 0.717) is 32.6 Å². The van der Waals surface area contributed by atoms with Crippen LogP contribution in [0.15, 0.2) is 64.6 Å². The number of ether oxygens (including phenoxy) is 4. The Hall–Kier alpha value is -3.63. The summed E-state index contributed by atoms with van der Waals surface area (Å²) in [5, 5.41) is 5.85. The van der Waals surface area contributed by atoms with Crippen molar-refractivity contribution in [1.82, 2.24) is 9.97 Å². The fourth-order valence-electron chi connectivity index (χ4n) is 3.16. The number of pyridine rings is 1. The van der Waals surface area contributed by atoms with Gasteiger partial charge in [0, 0.05) is 23.3 Å². The van der Waals surface area contributed by atoms with E-state index in [2.05, 4.69) is 31.2 Å². The van der Waals surface area contributed by atoms with Gasteiger partial charge in [-0.15, -0.1) is 11.3 Å². The molecular formula is C24H20BrN3O5S. The lowest BCUT2D eigenvalue weighted by Gasteiger charge is -2.16. The minimum Gasteiger partial charge on any atom is -0.493 e. The second-order valence-electron chi connectivity index (χ2n) is 6.80. The summed E-state index contributed by atoms with van der Waals surface area (Å²) in [6.45, 7) is 0. The van der Waals surface area contributed by atoms with Gasteiger partial charge in [0.05, 0.1) is 37.1 Å². The van der Waals surface area contributed by atoms with Gasteiger partial charge in [0.2, 0.25) is 5.75 Å². The lowest BCUT2D eigenvalue weighted by Crippen LogP contribution is -2.11. The molecule has 0 radical (unpaired) electrons. The molecule has 34 heavy (non-hydrogen) atoms. The Morgan fingerprint density at radius 1 is 0.971 bits per heavy atom. The largest absolute Gasteiger partial charge is 0.493 e. The summed E-state index contributed by atoms with van der Waals surface area (Å²) in [5.74, 6) is 0.814. The fourth-order valence-corrected chi connectivity index (χ4v) is 4.50. The smallest absolute Gasteiger partial charge is 0.344 e. The van der Waals surface area contributed by atoms with Crippen molar-refractivity contribution in [1.29, 1.82) is 0 Å². The van der Waals surface area contributed by atoms with Crippen molar-refractivity contribution in [2.24, 2.45) is 0 Å². The molecular weight excluding hydrogens is 522 g/mol. The highest BCUT2D eigenvalue weighted by Crippen LogP contribution is 2.45. The van der Waals surface area contributed by atoms with E-state index < -0.39 is 5.97 Å². The minimum atomic E-state index is -0.588. The quantitative estimate of drug-likeness (QED) is 0.216. The van der Waals surface area contributed by atoms with Gasteiger partial charge in [-0.25, -0.2) is 9.78 Å². The van der Waals surface area contributed by atoms with Crippen molar-refractivity contribution in [3.05, 3.63) is 70.1 Å². The summed E-state index contributed by atoms with van der Waals surface area (Å²) >= 11 is 4.86. The van der Waals surface area contributed by atoms with Crippen molar-refractivity contribution in [2.75, 3.05) is 26.6 Å². The zero-order valence-electron chi connectivity index (χ0n) is 18.5. The highest BCUT2D eigenvalue weighted by molar-refractivity contribution is 9.10. The van der Waals surface area contributed by atoms with Gasteiger partial charge in [-0.2, -0.15) is 0 Å². The minimum absolute atomic E-state index is 0.229. The van der Waals surface area contributed by atoms with Gasteiger partial charge in [0.1, 0.15) is 11.4 Å². The van der Waals surface area contributed by atoms with E-state index in [1.165, 1.54) is 38.7 Å². The number of thiazole rings is 1. The monoisotopic (exact) mass is 541 g/mol. The molecule has 0 saturated heterocycles. The molecule has 8 nitrogen and oxygen atoms in total. The number of halogens is 1. The highest BCUT2D eigenvalue weighted by atomic mass is 79.9. The molecule has 0 unspecified atom stereocenters. The zero-order chi connectivity index (χ0) is 24.1. The summed E-state index contributed by atoms with van der Waals surface area (Å²) in [6, 6.07) is 14.3. The van der Waals surface area contributed by atoms with Crippen LogP contribution in [0, 0.1) is 0 Å². The van der Waals surface area contributed by atoms with Crippen molar-refractivity contribution < 1.29 is 23.7 Å². The molecule has 2 aromatic carbocycles. The third kappa shape index (κ3) is 4.97. The van der Waals surface area contributed by atoms with Crippen LogP contribution in [0.1, 0.15) is 10.4 Å². The van der Waals surface area contributed by atoms with Crippen molar-refractivity contribution >= 4 is 44.1 Å². The normalized spacial score (nSPS) is 10.5. The maximum Gasteiger partial charge on any atom is 0.344 e. The van der Waals surface area contributed by atoms with Gasteiger partial charge in [-0.05, 0) is 46.3 Å². The molecule has 174 valence electrons. The summed E-state index contributed by atoms with van der Waals surface area (Å²) < 4.78 is 22.1. The van der Waals surface area contributed by atoms with Crippen LogP contribution in [0.4, 0.5) is 10.8 Å². The number of nitrogens with zero attached hydrogens (tertiary/aromatic N) is 2. The first-order chi connectivity index (χ1) is 16.5. The topological polar surface area (TPSA) is 91.8 Å². The number of nitrogens with one attached hydrogen (secondary N) is 1. The van der Waals surface area contributed by atoms with Gasteiger partial charge in [0.15, 0.2) is 16.6 Å². The number of esters is 1. The van der Waals surface area contributed by atoms with Crippen LogP contribution in [-0.2, 0) is 0 Å². The third-order valence-corrected chi connectivity index (χ3v) is 6.26. The van der Waals surface area contributed by atoms with Crippen LogP contribution in [-0.4, -0.2) is 37.3 Å². The molecule has 4 rings (SSSR count). The van der Waals surface area contributed by atoms with Crippen LogP contribution in [0.3, 0.4) is 0 Å². The Kier molecular flexibility index (Phi) is 7.29. The predicted molar refractivity (Wildman–Crippen MR) is 134 cm³/mol. The van der Waals surface area contributed by atoms with E-state index in [4.69, 9.17) is 18.9 Å². The van der Waals surface area contributed by atoms with Crippen molar-refractivity contribution in [2.45, 2.75) is 0 Å². The molecule has 10 heteroatoms. The number of carbonyl (C=O) groups is 1. The Labute approximate surface area is 208 Å². The average Bonchev–Trinajstić information content (AvgIpc) is 3.32. The van der Waals surface area contributed by atoms with Crippen LogP contribution in [0.5, 0.6) is 23.0 Å². The summed E-state index contributed by atoms with van der Waals surface area (Å²) in [5.41, 5.74) is 2.53. The Morgan fingerprint density at radius 2 is 1.79 bits per heavy atom. The second kappa shape index (κ2) is 10.5. The van der Waals surface area contributed by atoms with Gasteiger partial charge >= 0.3 is 5.97 Å². The zero-order valence-corrected chi connectivity index (χ0v) is 20.9. The number of aromatic nitrogens is 2. The summed E-state index contributed by atoms with van der Waals surface area (Å²) in [4.78, 5) is 21.8. The van der Waals surface area contributed by atoms with Crippen LogP contribution in [0.25, 0.3) is 11.4 Å². The molecule has 0 aliphatic heterocycles. The Balaban J connectivity index is 1.53. The van der Waals surface area contributed by atoms with Crippen molar-refractivity contribution in [3.63, 3.8) is 0 Å². The maximum atomic E-state index is 13.0. The summed E-state index contributed by atoms with van der Waals surface area (Å²) in [7, 11) is 4.45. The van der Waals surface area contributed by atoms with Crippen molar-refractivity contribution in [3.8, 4) is 34.4 Å². The van der Waals surface area contributed by atoms with E-state index in [9.17, 15) is 4.79 Å². The summed E-state index contributed by atoms with van der Waals surface area (Å²) in [6.07, 6.45) is 1.73. The number of hydrogen-bond acceptors (Lipinski definition) is 9. The number of carbonyl (C=O) groups excluding carboxylic acids is 1. The number of hydrogen-bond donors (Lipinski definition) is 1. The highest BCUT2D eigenvalue weighted by Gasteiger charge is 2.24. The number of anilines is 2. The molecule has 2 heterocycles. The lowest BCUT2D eigenvalue weighted by atomic mass is 10.2. The van der Waals surface area contributed by atoms with E-state index in [-0.39, 0.29) is 5.56 Å². The number of benzene rings is 2. The van der Waals surface area contributed by atoms with Gasteiger partial charge in [0.25, 0.3) is 0 Å². The Bertz CT molecular complexity index is 1310. The molecule has 0 fully saturated rings. The molecule has 0 aliphatic rings. The van der Waals surface area contributed by atoms with E-state index in [1.807, 2.05) is 29.6 Å². The molecule has 0 spiro atoms. The molecule has 0 saturated carbocycles. The first kappa shape index (κ1) is 23.5. The lowest BCUT2D eigenvalue weighted by molar-refractivity contribution is 0.0733. The first-order valence-corrected chi connectivity index (χ1v) is 11.7. The van der Waals surface area contributed by atoms with E-state index >= 15 is 0 Å². The molecule has 2 aromatic heterocycles. The molecule has 0 atom stereocenters. The van der Waals surface area contributed by atoms with E-state index in [0.717, 1.165) is 17.1 Å². The predicted octanol–water partition coefficient (Wildman–Crippen LogP) is 5.96. The van der Waals surface area contributed by atoms with E-state index in [1.54, 1.807) is 24.4 Å². The SMILES string of the molecule is COc1cc(C(=O)Oc2cccc(Nc3nc(-c4ccccn4)cs3)c2)c(Br)c(OC)c1OC. The fraction of sp³-hybridized carbons (Fsp3) is 0.125. The molecule has 0 bridgehead atoms. The average molecular weight is 542 g/mol. The van der Waals surface area contributed by atoms with Crippen LogP contribution >= 0.6 is 27.3 Å². The van der Waals surface area contributed by atoms with Gasteiger partial charge in [-0.1, -0.05) is 12.1 Å².